The van der Waals surface area contributed by atoms with E-state index >= 15 is 0 Å². The van der Waals surface area contributed by atoms with Gasteiger partial charge in [0.25, 0.3) is 0 Å². The van der Waals surface area contributed by atoms with Crippen molar-refractivity contribution in [1.82, 2.24) is 9.97 Å². The second-order valence-electron chi connectivity index (χ2n) is 3.73. The summed E-state index contributed by atoms with van der Waals surface area (Å²) in [5, 5.41) is 11.3. The molecule has 2 N–H and O–H groups in total. The minimum absolute atomic E-state index is 0.0677. The third kappa shape index (κ3) is 2.82. The van der Waals surface area contributed by atoms with Crippen LogP contribution in [-0.2, 0) is 0 Å². The highest BCUT2D eigenvalue weighted by Crippen LogP contribution is 2.21. The van der Waals surface area contributed by atoms with Crippen LogP contribution >= 0.6 is 0 Å². The lowest BCUT2D eigenvalue weighted by molar-refractivity contribution is 0.0686. The number of carboxylic acid groups (broad SMARTS) is 1. The average Bonchev–Trinajstić information content (AvgIpc) is 2.27. The molecule has 0 spiro atoms. The smallest absolute Gasteiger partial charge is 0.341 e. The third-order valence-electron chi connectivity index (χ3n) is 2.30. The summed E-state index contributed by atoms with van der Waals surface area (Å²) >= 11 is 0. The standard InChI is InChI=1S/C12H9F2N3O2/c1-6-15-3-2-10(16-6)17-7-4-8(13)11(12(18)19)9(14)5-7/h2-5H,1H3,(H,18,19)(H,15,16,17). The van der Waals surface area contributed by atoms with Gasteiger partial charge in [-0.2, -0.15) is 0 Å². The van der Waals surface area contributed by atoms with Crippen molar-refractivity contribution in [1.29, 1.82) is 0 Å². The topological polar surface area (TPSA) is 75.1 Å². The number of halogens is 2. The monoisotopic (exact) mass is 265 g/mol. The van der Waals surface area contributed by atoms with Gasteiger partial charge >= 0.3 is 5.97 Å². The molecule has 0 atom stereocenters. The molecule has 19 heavy (non-hydrogen) atoms. The van der Waals surface area contributed by atoms with Crippen LogP contribution < -0.4 is 5.32 Å². The molecule has 7 heteroatoms. The maximum Gasteiger partial charge on any atom is 0.341 e. The van der Waals surface area contributed by atoms with Gasteiger partial charge in [0.05, 0.1) is 0 Å². The van der Waals surface area contributed by atoms with Gasteiger partial charge in [-0.3, -0.25) is 0 Å². The van der Waals surface area contributed by atoms with E-state index in [2.05, 4.69) is 15.3 Å². The van der Waals surface area contributed by atoms with Crippen molar-refractivity contribution in [3.8, 4) is 0 Å². The van der Waals surface area contributed by atoms with Gasteiger partial charge in [0.2, 0.25) is 0 Å². The number of benzene rings is 1. The molecule has 0 amide bonds. The third-order valence-corrected chi connectivity index (χ3v) is 2.30. The molecule has 1 heterocycles. The summed E-state index contributed by atoms with van der Waals surface area (Å²) in [5.74, 6) is -3.11. The molecule has 2 rings (SSSR count). The molecule has 98 valence electrons. The largest absolute Gasteiger partial charge is 0.477 e. The fourth-order valence-corrected chi connectivity index (χ4v) is 1.52. The lowest BCUT2D eigenvalue weighted by Gasteiger charge is -2.08. The van der Waals surface area contributed by atoms with Gasteiger partial charge in [0.1, 0.15) is 28.8 Å². The van der Waals surface area contributed by atoms with Crippen LogP contribution in [0.3, 0.4) is 0 Å². The first-order chi connectivity index (χ1) is 8.97. The van der Waals surface area contributed by atoms with Crippen molar-refractivity contribution < 1.29 is 18.7 Å². The zero-order valence-electron chi connectivity index (χ0n) is 9.82. The molecule has 0 fully saturated rings. The maximum absolute atomic E-state index is 13.5. The van der Waals surface area contributed by atoms with Crippen molar-refractivity contribution >= 4 is 17.5 Å². The van der Waals surface area contributed by atoms with Crippen LogP contribution in [0.5, 0.6) is 0 Å². The molecular weight excluding hydrogens is 256 g/mol. The molecule has 0 aliphatic carbocycles. The van der Waals surface area contributed by atoms with Crippen molar-refractivity contribution in [2.75, 3.05) is 5.32 Å². The van der Waals surface area contributed by atoms with Crippen LogP contribution in [0.1, 0.15) is 16.2 Å². The van der Waals surface area contributed by atoms with Crippen LogP contribution in [0.4, 0.5) is 20.3 Å². The fourth-order valence-electron chi connectivity index (χ4n) is 1.52. The number of aromatic nitrogens is 2. The summed E-state index contributed by atoms with van der Waals surface area (Å²) in [6.45, 7) is 1.67. The molecule has 0 saturated carbocycles. The average molecular weight is 265 g/mol. The van der Waals surface area contributed by atoms with E-state index in [1.807, 2.05) is 0 Å². The second-order valence-corrected chi connectivity index (χ2v) is 3.73. The molecule has 0 bridgehead atoms. The number of aromatic carboxylic acids is 1. The van der Waals surface area contributed by atoms with E-state index in [1.54, 1.807) is 6.92 Å². The van der Waals surface area contributed by atoms with Gasteiger partial charge in [0.15, 0.2) is 0 Å². The number of nitrogens with one attached hydrogen (secondary N) is 1. The van der Waals surface area contributed by atoms with Crippen LogP contribution in [0.15, 0.2) is 24.4 Å². The number of anilines is 2. The summed E-state index contributed by atoms with van der Waals surface area (Å²) in [5.41, 5.74) is -0.914. The lowest BCUT2D eigenvalue weighted by atomic mass is 10.2. The Balaban J connectivity index is 2.35. The van der Waals surface area contributed by atoms with Gasteiger partial charge in [0, 0.05) is 11.9 Å². The SMILES string of the molecule is Cc1nccc(Nc2cc(F)c(C(=O)O)c(F)c2)n1. The van der Waals surface area contributed by atoms with E-state index < -0.39 is 23.2 Å². The number of rotatable bonds is 3. The van der Waals surface area contributed by atoms with E-state index in [1.165, 1.54) is 12.3 Å². The first-order valence-electron chi connectivity index (χ1n) is 5.26. The van der Waals surface area contributed by atoms with E-state index in [9.17, 15) is 13.6 Å². The lowest BCUT2D eigenvalue weighted by Crippen LogP contribution is -2.06. The summed E-state index contributed by atoms with van der Waals surface area (Å²) < 4.78 is 26.9. The van der Waals surface area contributed by atoms with E-state index in [-0.39, 0.29) is 5.69 Å². The molecule has 0 radical (unpaired) electrons. The van der Waals surface area contributed by atoms with Gasteiger partial charge in [-0.1, -0.05) is 0 Å². The molecule has 0 aliphatic heterocycles. The molecule has 5 nitrogen and oxygen atoms in total. The predicted molar refractivity (Wildman–Crippen MR) is 63.4 cm³/mol. The number of hydrogen-bond donors (Lipinski definition) is 2. The predicted octanol–water partition coefficient (Wildman–Crippen LogP) is 2.51. The zero-order valence-corrected chi connectivity index (χ0v) is 9.82. The Hall–Kier alpha value is -2.57. The Morgan fingerprint density at radius 3 is 2.47 bits per heavy atom. The van der Waals surface area contributed by atoms with Crippen LogP contribution in [0.25, 0.3) is 0 Å². The first kappa shape index (κ1) is 12.9. The Morgan fingerprint density at radius 2 is 1.95 bits per heavy atom. The van der Waals surface area contributed by atoms with Crippen LogP contribution in [0.2, 0.25) is 0 Å². The Labute approximate surface area is 106 Å². The zero-order chi connectivity index (χ0) is 14.0. The maximum atomic E-state index is 13.5. The van der Waals surface area contributed by atoms with E-state index in [4.69, 9.17) is 5.11 Å². The Bertz CT molecular complexity index is 624. The summed E-state index contributed by atoms with van der Waals surface area (Å²) in [4.78, 5) is 18.5. The van der Waals surface area contributed by atoms with Crippen LogP contribution in [-0.4, -0.2) is 21.0 Å². The summed E-state index contributed by atoms with van der Waals surface area (Å²) in [6, 6.07) is 3.31. The molecule has 0 saturated heterocycles. The normalized spacial score (nSPS) is 10.3. The highest BCUT2D eigenvalue weighted by molar-refractivity contribution is 5.88. The summed E-state index contributed by atoms with van der Waals surface area (Å²) in [6.07, 6.45) is 1.49. The minimum atomic E-state index is -1.65. The first-order valence-corrected chi connectivity index (χ1v) is 5.26. The van der Waals surface area contributed by atoms with Gasteiger partial charge in [-0.05, 0) is 25.1 Å². The highest BCUT2D eigenvalue weighted by atomic mass is 19.1. The number of nitrogens with zero attached hydrogens (tertiary/aromatic N) is 2. The van der Waals surface area contributed by atoms with Crippen LogP contribution in [0, 0.1) is 18.6 Å². The van der Waals surface area contributed by atoms with Gasteiger partial charge in [-0.15, -0.1) is 0 Å². The number of carboxylic acids is 1. The Morgan fingerprint density at radius 1 is 1.32 bits per heavy atom. The molecule has 1 aromatic carbocycles. The van der Waals surface area contributed by atoms with Gasteiger partial charge < -0.3 is 10.4 Å². The van der Waals surface area contributed by atoms with E-state index in [0.29, 0.717) is 11.6 Å². The van der Waals surface area contributed by atoms with Crippen molar-refractivity contribution in [3.05, 3.63) is 47.4 Å². The fraction of sp³-hybridized carbons (Fsp3) is 0.0833. The minimum Gasteiger partial charge on any atom is -0.477 e. The number of hydrogen-bond acceptors (Lipinski definition) is 4. The highest BCUT2D eigenvalue weighted by Gasteiger charge is 2.17. The van der Waals surface area contributed by atoms with E-state index in [0.717, 1.165) is 12.1 Å². The van der Waals surface area contributed by atoms with Crippen molar-refractivity contribution in [3.63, 3.8) is 0 Å². The molecule has 0 aliphatic rings. The molecule has 1 aromatic heterocycles. The number of carbonyl (C=O) groups is 1. The van der Waals surface area contributed by atoms with Crippen molar-refractivity contribution in [2.24, 2.45) is 0 Å². The summed E-state index contributed by atoms with van der Waals surface area (Å²) in [7, 11) is 0. The molecule has 0 unspecified atom stereocenters. The molecular formula is C12H9F2N3O2. The number of aryl methyl sites for hydroxylation is 1. The van der Waals surface area contributed by atoms with Gasteiger partial charge in [-0.25, -0.2) is 23.5 Å². The second kappa shape index (κ2) is 4.97. The Kier molecular flexibility index (Phi) is 3.37. The quantitative estimate of drug-likeness (QED) is 0.891. The van der Waals surface area contributed by atoms with Crippen molar-refractivity contribution in [2.45, 2.75) is 6.92 Å². The molecule has 2 aromatic rings.